The summed E-state index contributed by atoms with van der Waals surface area (Å²) >= 11 is 5.86. The summed E-state index contributed by atoms with van der Waals surface area (Å²) in [6.45, 7) is 0.511. The molecule has 2 bridgehead atoms. The number of carbonyl (C=O) groups is 2. The fourth-order valence-corrected chi connectivity index (χ4v) is 4.92. The van der Waals surface area contributed by atoms with Gasteiger partial charge < -0.3 is 10.4 Å². The number of nitrogens with one attached hydrogen (secondary N) is 1. The molecule has 1 aromatic carbocycles. The molecule has 0 saturated heterocycles. The van der Waals surface area contributed by atoms with Gasteiger partial charge in [-0.15, -0.1) is 0 Å². The second kappa shape index (κ2) is 5.62. The van der Waals surface area contributed by atoms with Crippen LogP contribution in [-0.2, 0) is 16.0 Å². The summed E-state index contributed by atoms with van der Waals surface area (Å²) in [5.41, 5.74) is 1.17. The molecule has 4 nitrogen and oxygen atoms in total. The van der Waals surface area contributed by atoms with Crippen molar-refractivity contribution in [2.45, 2.75) is 19.3 Å². The average Bonchev–Trinajstić information content (AvgIpc) is 3.22. The van der Waals surface area contributed by atoms with Crippen LogP contribution in [0.15, 0.2) is 36.4 Å². The predicted molar refractivity (Wildman–Crippen MR) is 90.6 cm³/mol. The molecule has 2 saturated carbocycles. The van der Waals surface area contributed by atoms with E-state index in [2.05, 4.69) is 11.4 Å². The van der Waals surface area contributed by atoms with E-state index in [9.17, 15) is 14.7 Å². The molecule has 24 heavy (non-hydrogen) atoms. The molecule has 0 aliphatic heterocycles. The summed E-state index contributed by atoms with van der Waals surface area (Å²) in [5.74, 6) is -1.81. The number of carboxylic acids is 1. The van der Waals surface area contributed by atoms with E-state index < -0.39 is 17.8 Å². The maximum atomic E-state index is 12.7. The largest absolute Gasteiger partial charge is 0.481 e. The second-order valence-electron chi connectivity index (χ2n) is 7.23. The molecule has 3 aliphatic rings. The van der Waals surface area contributed by atoms with Gasteiger partial charge >= 0.3 is 5.97 Å². The predicted octanol–water partition coefficient (Wildman–Crippen LogP) is 2.91. The minimum absolute atomic E-state index is 0.0343. The number of carboxylic acid groups (broad SMARTS) is 1. The van der Waals surface area contributed by atoms with Crippen LogP contribution >= 0.6 is 11.6 Å². The maximum Gasteiger partial charge on any atom is 0.307 e. The third-order valence-corrected chi connectivity index (χ3v) is 6.31. The second-order valence-corrected chi connectivity index (χ2v) is 7.66. The Morgan fingerprint density at radius 2 is 1.75 bits per heavy atom. The Kier molecular flexibility index (Phi) is 3.68. The summed E-state index contributed by atoms with van der Waals surface area (Å²) < 4.78 is 0. The number of benzene rings is 1. The van der Waals surface area contributed by atoms with E-state index in [1.165, 1.54) is 0 Å². The van der Waals surface area contributed by atoms with Crippen molar-refractivity contribution in [3.05, 3.63) is 47.0 Å². The van der Waals surface area contributed by atoms with E-state index in [1.54, 1.807) is 0 Å². The van der Waals surface area contributed by atoms with Crippen LogP contribution < -0.4 is 5.32 Å². The lowest BCUT2D eigenvalue weighted by molar-refractivity contribution is -0.147. The van der Waals surface area contributed by atoms with Gasteiger partial charge in [0.15, 0.2) is 0 Å². The highest BCUT2D eigenvalue weighted by Gasteiger charge is 2.69. The highest BCUT2D eigenvalue weighted by molar-refractivity contribution is 6.30. The highest BCUT2D eigenvalue weighted by atomic mass is 35.5. The minimum Gasteiger partial charge on any atom is -0.481 e. The first-order valence-corrected chi connectivity index (χ1v) is 8.84. The summed E-state index contributed by atoms with van der Waals surface area (Å²) in [5, 5.41) is 13.3. The van der Waals surface area contributed by atoms with Gasteiger partial charge in [0, 0.05) is 11.6 Å². The van der Waals surface area contributed by atoms with Crippen LogP contribution in [0.25, 0.3) is 0 Å². The highest BCUT2D eigenvalue weighted by Crippen LogP contribution is 2.71. The Hall–Kier alpha value is -1.81. The molecule has 4 rings (SSSR count). The number of halogens is 1. The zero-order valence-electron chi connectivity index (χ0n) is 13.2. The third kappa shape index (κ3) is 2.35. The number of allylic oxidation sites excluding steroid dienone is 2. The number of amides is 1. The van der Waals surface area contributed by atoms with Crippen LogP contribution in [0.1, 0.15) is 18.4 Å². The summed E-state index contributed by atoms with van der Waals surface area (Å²) in [4.78, 5) is 24.4. The van der Waals surface area contributed by atoms with Crippen molar-refractivity contribution in [2.24, 2.45) is 29.1 Å². The van der Waals surface area contributed by atoms with Crippen molar-refractivity contribution in [3.8, 4) is 0 Å². The van der Waals surface area contributed by atoms with Gasteiger partial charge in [-0.25, -0.2) is 0 Å². The normalized spacial score (nSPS) is 31.4. The Bertz CT molecular complexity index is 708. The fourth-order valence-electron chi connectivity index (χ4n) is 4.79. The van der Waals surface area contributed by atoms with E-state index in [4.69, 9.17) is 11.6 Å². The van der Waals surface area contributed by atoms with E-state index in [0.717, 1.165) is 18.4 Å². The van der Waals surface area contributed by atoms with E-state index in [0.29, 0.717) is 18.0 Å². The zero-order valence-corrected chi connectivity index (χ0v) is 14.0. The zero-order chi connectivity index (χ0) is 16.9. The van der Waals surface area contributed by atoms with Crippen LogP contribution in [0.2, 0.25) is 5.02 Å². The van der Waals surface area contributed by atoms with Gasteiger partial charge in [-0.1, -0.05) is 35.9 Å². The fraction of sp³-hybridized carbons (Fsp3) is 0.474. The van der Waals surface area contributed by atoms with Gasteiger partial charge in [0.05, 0.1) is 11.8 Å². The van der Waals surface area contributed by atoms with E-state index >= 15 is 0 Å². The molecule has 0 heterocycles. The number of hydrogen-bond donors (Lipinski definition) is 2. The Balaban J connectivity index is 1.41. The molecule has 0 unspecified atom stereocenters. The third-order valence-electron chi connectivity index (χ3n) is 6.06. The average molecular weight is 346 g/mol. The molecule has 0 radical (unpaired) electrons. The maximum absolute atomic E-state index is 12.7. The lowest BCUT2D eigenvalue weighted by Gasteiger charge is -2.23. The number of hydrogen-bond acceptors (Lipinski definition) is 2. The van der Waals surface area contributed by atoms with Crippen molar-refractivity contribution in [2.75, 3.05) is 6.54 Å². The van der Waals surface area contributed by atoms with Gasteiger partial charge in [0.1, 0.15) is 0 Å². The van der Waals surface area contributed by atoms with Crippen molar-refractivity contribution in [1.29, 1.82) is 0 Å². The molecule has 1 spiro atoms. The lowest BCUT2D eigenvalue weighted by atomic mass is 9.82. The number of aliphatic carboxylic acids is 1. The molecular weight excluding hydrogens is 326 g/mol. The first kappa shape index (κ1) is 15.7. The number of carbonyl (C=O) groups excluding carboxylic acids is 1. The smallest absolute Gasteiger partial charge is 0.307 e. The number of rotatable bonds is 5. The first-order valence-electron chi connectivity index (χ1n) is 8.46. The van der Waals surface area contributed by atoms with Gasteiger partial charge in [0.2, 0.25) is 5.91 Å². The van der Waals surface area contributed by atoms with Gasteiger partial charge in [-0.3, -0.25) is 9.59 Å². The van der Waals surface area contributed by atoms with Crippen molar-refractivity contribution in [1.82, 2.24) is 5.32 Å². The summed E-state index contributed by atoms with van der Waals surface area (Å²) in [6.07, 6.45) is 6.93. The Morgan fingerprint density at radius 1 is 1.12 bits per heavy atom. The molecule has 2 fully saturated rings. The molecule has 3 aliphatic carbocycles. The molecule has 126 valence electrons. The quantitative estimate of drug-likeness (QED) is 0.806. The minimum atomic E-state index is -0.837. The van der Waals surface area contributed by atoms with Gasteiger partial charge in [-0.05, 0) is 54.2 Å². The van der Waals surface area contributed by atoms with Crippen LogP contribution in [0.4, 0.5) is 0 Å². The summed E-state index contributed by atoms with van der Waals surface area (Å²) in [6, 6.07) is 7.54. The topological polar surface area (TPSA) is 66.4 Å². The molecular formula is C19H20ClNO3. The molecule has 0 aromatic heterocycles. The summed E-state index contributed by atoms with van der Waals surface area (Å²) in [7, 11) is 0. The van der Waals surface area contributed by atoms with Crippen LogP contribution in [-0.4, -0.2) is 23.5 Å². The molecule has 5 heteroatoms. The van der Waals surface area contributed by atoms with Crippen LogP contribution in [0.3, 0.4) is 0 Å². The first-order chi connectivity index (χ1) is 11.5. The molecule has 1 aromatic rings. The van der Waals surface area contributed by atoms with Gasteiger partial charge in [0.25, 0.3) is 0 Å². The molecule has 2 N–H and O–H groups in total. The lowest BCUT2D eigenvalue weighted by Crippen LogP contribution is -2.40. The Labute approximate surface area is 145 Å². The SMILES string of the molecule is O=C(O)[C@H]1[C@H](C(=O)NCCc2ccc(Cl)cc2)[C@@H]2C=C[C@H]1C21CC1. The van der Waals surface area contributed by atoms with E-state index in [-0.39, 0.29) is 23.2 Å². The monoisotopic (exact) mass is 345 g/mol. The molecule has 1 amide bonds. The molecule has 4 atom stereocenters. The standard InChI is InChI=1S/C19H20ClNO3/c20-12-3-1-11(2-4-12)7-10-21-17(22)15-13-5-6-14(16(15)18(23)24)19(13)8-9-19/h1-6,13-16H,7-10H2,(H,21,22)(H,23,24)/t13-,14+,15+,16+/m0/s1. The van der Waals surface area contributed by atoms with Crippen LogP contribution in [0.5, 0.6) is 0 Å². The van der Waals surface area contributed by atoms with E-state index in [1.807, 2.05) is 30.3 Å². The van der Waals surface area contributed by atoms with Crippen LogP contribution in [0, 0.1) is 29.1 Å². The van der Waals surface area contributed by atoms with Crippen molar-refractivity contribution >= 4 is 23.5 Å². The Morgan fingerprint density at radius 3 is 2.33 bits per heavy atom. The van der Waals surface area contributed by atoms with Crippen molar-refractivity contribution in [3.63, 3.8) is 0 Å². The van der Waals surface area contributed by atoms with Crippen molar-refractivity contribution < 1.29 is 14.7 Å². The van der Waals surface area contributed by atoms with Gasteiger partial charge in [-0.2, -0.15) is 0 Å².